The number of hydrogen-bond acceptors (Lipinski definition) is 4. The molecule has 0 aliphatic carbocycles. The molecule has 1 heterocycles. The number of carbonyl (C=O) groups excluding carboxylic acids is 1. The fourth-order valence-electron chi connectivity index (χ4n) is 2.80. The molecular weight excluding hydrogens is 324 g/mol. The number of anilines is 3. The first-order valence-corrected chi connectivity index (χ1v) is 9.42. The zero-order chi connectivity index (χ0) is 18.9. The Kier molecular flexibility index (Phi) is 7.45. The van der Waals surface area contributed by atoms with E-state index in [1.165, 1.54) is 0 Å². The Labute approximate surface area is 157 Å². The maximum atomic E-state index is 12.4. The van der Waals surface area contributed by atoms with Crippen LogP contribution in [0.2, 0.25) is 0 Å². The van der Waals surface area contributed by atoms with Crippen LogP contribution < -0.4 is 15.1 Å². The molecule has 0 aliphatic rings. The third-order valence-corrected chi connectivity index (χ3v) is 4.50. The van der Waals surface area contributed by atoms with Gasteiger partial charge in [-0.05, 0) is 56.7 Å². The van der Waals surface area contributed by atoms with Crippen LogP contribution in [0.15, 0.2) is 42.6 Å². The van der Waals surface area contributed by atoms with Crippen LogP contribution in [0.4, 0.5) is 17.2 Å². The Morgan fingerprint density at radius 2 is 1.73 bits per heavy atom. The molecule has 0 radical (unpaired) electrons. The highest BCUT2D eigenvalue weighted by Gasteiger charge is 2.09. The van der Waals surface area contributed by atoms with E-state index in [2.05, 4.69) is 40.9 Å². The minimum Gasteiger partial charge on any atom is -0.372 e. The molecule has 0 saturated heterocycles. The normalized spacial score (nSPS) is 10.5. The minimum absolute atomic E-state index is 0.143. The standard InChI is InChI=1S/C21H30N4O/c1-5-8-15-24(4)20-14-9-17(16-22-20)21(26)23-18-10-12-19(13-11-18)25(6-2)7-3/h9-14,16H,5-8,15H2,1-4H3,(H,23,26). The summed E-state index contributed by atoms with van der Waals surface area (Å²) in [6.07, 6.45) is 3.92. The van der Waals surface area contributed by atoms with E-state index in [1.54, 1.807) is 6.20 Å². The summed E-state index contributed by atoms with van der Waals surface area (Å²) in [5.74, 6) is 0.745. The molecule has 1 aromatic heterocycles. The SMILES string of the molecule is CCCCN(C)c1ccc(C(=O)Nc2ccc(N(CC)CC)cc2)cn1. The van der Waals surface area contributed by atoms with Gasteiger partial charge in [0.1, 0.15) is 5.82 Å². The van der Waals surface area contributed by atoms with Gasteiger partial charge in [0, 0.05) is 44.3 Å². The first kappa shape index (κ1) is 19.8. The van der Waals surface area contributed by atoms with Crippen molar-refractivity contribution in [3.05, 3.63) is 48.2 Å². The maximum Gasteiger partial charge on any atom is 0.257 e. The summed E-state index contributed by atoms with van der Waals surface area (Å²) >= 11 is 0. The fraction of sp³-hybridized carbons (Fsp3) is 0.429. The molecule has 1 aromatic carbocycles. The topological polar surface area (TPSA) is 48.5 Å². The average molecular weight is 354 g/mol. The molecule has 1 N–H and O–H groups in total. The van der Waals surface area contributed by atoms with E-state index >= 15 is 0 Å². The van der Waals surface area contributed by atoms with Gasteiger partial charge < -0.3 is 15.1 Å². The lowest BCUT2D eigenvalue weighted by Gasteiger charge is -2.21. The molecule has 1 amide bonds. The summed E-state index contributed by atoms with van der Waals surface area (Å²) in [5, 5.41) is 2.93. The lowest BCUT2D eigenvalue weighted by molar-refractivity contribution is 0.102. The van der Waals surface area contributed by atoms with Gasteiger partial charge in [0.25, 0.3) is 5.91 Å². The van der Waals surface area contributed by atoms with Crippen LogP contribution in [0.3, 0.4) is 0 Å². The number of pyridine rings is 1. The summed E-state index contributed by atoms with van der Waals surface area (Å²) in [7, 11) is 2.02. The number of benzene rings is 1. The second-order valence-corrected chi connectivity index (χ2v) is 6.35. The van der Waals surface area contributed by atoms with E-state index in [1.807, 2.05) is 43.4 Å². The molecule has 5 nitrogen and oxygen atoms in total. The predicted octanol–water partition coefficient (Wildman–Crippen LogP) is 4.42. The smallest absolute Gasteiger partial charge is 0.257 e. The molecule has 0 bridgehead atoms. The molecule has 0 saturated carbocycles. The largest absolute Gasteiger partial charge is 0.372 e. The fourth-order valence-corrected chi connectivity index (χ4v) is 2.80. The molecular formula is C21H30N4O. The van der Waals surface area contributed by atoms with E-state index < -0.39 is 0 Å². The Hall–Kier alpha value is -2.56. The van der Waals surface area contributed by atoms with Gasteiger partial charge in [-0.3, -0.25) is 4.79 Å². The summed E-state index contributed by atoms with van der Waals surface area (Å²) in [5.41, 5.74) is 2.51. The number of aromatic nitrogens is 1. The third kappa shape index (κ3) is 5.22. The lowest BCUT2D eigenvalue weighted by Crippen LogP contribution is -2.21. The quantitative estimate of drug-likeness (QED) is 0.724. The first-order chi connectivity index (χ1) is 12.6. The monoisotopic (exact) mass is 354 g/mol. The third-order valence-electron chi connectivity index (χ3n) is 4.50. The van der Waals surface area contributed by atoms with Gasteiger partial charge in [0.05, 0.1) is 5.56 Å². The lowest BCUT2D eigenvalue weighted by atomic mass is 10.2. The van der Waals surface area contributed by atoms with Crippen molar-refractivity contribution in [1.29, 1.82) is 0 Å². The molecule has 140 valence electrons. The van der Waals surface area contributed by atoms with E-state index in [4.69, 9.17) is 0 Å². The van der Waals surface area contributed by atoms with E-state index in [0.717, 1.165) is 49.7 Å². The highest BCUT2D eigenvalue weighted by molar-refractivity contribution is 6.04. The van der Waals surface area contributed by atoms with Crippen LogP contribution >= 0.6 is 0 Å². The predicted molar refractivity (Wildman–Crippen MR) is 110 cm³/mol. The van der Waals surface area contributed by atoms with Crippen molar-refractivity contribution in [3.8, 4) is 0 Å². The number of nitrogens with one attached hydrogen (secondary N) is 1. The van der Waals surface area contributed by atoms with Crippen molar-refractivity contribution < 1.29 is 4.79 Å². The summed E-state index contributed by atoms with van der Waals surface area (Å²) < 4.78 is 0. The van der Waals surface area contributed by atoms with Crippen molar-refractivity contribution in [2.75, 3.05) is 41.8 Å². The maximum absolute atomic E-state index is 12.4. The first-order valence-electron chi connectivity index (χ1n) is 9.42. The second-order valence-electron chi connectivity index (χ2n) is 6.35. The number of hydrogen-bond donors (Lipinski definition) is 1. The van der Waals surface area contributed by atoms with Gasteiger partial charge in [-0.25, -0.2) is 4.98 Å². The number of unbranched alkanes of at least 4 members (excludes halogenated alkanes) is 1. The second kappa shape index (κ2) is 9.80. The van der Waals surface area contributed by atoms with Crippen LogP contribution in [0, 0.1) is 0 Å². The highest BCUT2D eigenvalue weighted by atomic mass is 16.1. The van der Waals surface area contributed by atoms with Crippen molar-refractivity contribution in [2.24, 2.45) is 0 Å². The van der Waals surface area contributed by atoms with E-state index in [9.17, 15) is 4.79 Å². The Morgan fingerprint density at radius 1 is 1.04 bits per heavy atom. The summed E-state index contributed by atoms with van der Waals surface area (Å²) in [6, 6.07) is 11.7. The Morgan fingerprint density at radius 3 is 2.27 bits per heavy atom. The van der Waals surface area contributed by atoms with Crippen molar-refractivity contribution in [3.63, 3.8) is 0 Å². The van der Waals surface area contributed by atoms with Crippen LogP contribution in [0.1, 0.15) is 44.0 Å². The van der Waals surface area contributed by atoms with E-state index in [-0.39, 0.29) is 5.91 Å². The minimum atomic E-state index is -0.143. The van der Waals surface area contributed by atoms with E-state index in [0.29, 0.717) is 5.56 Å². The van der Waals surface area contributed by atoms with Gasteiger partial charge in [-0.2, -0.15) is 0 Å². The summed E-state index contributed by atoms with van der Waals surface area (Å²) in [6.45, 7) is 9.34. The highest BCUT2D eigenvalue weighted by Crippen LogP contribution is 2.18. The van der Waals surface area contributed by atoms with Crippen molar-refractivity contribution in [2.45, 2.75) is 33.6 Å². The van der Waals surface area contributed by atoms with Crippen molar-refractivity contribution >= 4 is 23.1 Å². The van der Waals surface area contributed by atoms with Gasteiger partial charge in [-0.1, -0.05) is 13.3 Å². The molecule has 0 atom stereocenters. The van der Waals surface area contributed by atoms with Crippen LogP contribution in [0.5, 0.6) is 0 Å². The molecule has 2 rings (SSSR count). The molecule has 0 aliphatic heterocycles. The number of amides is 1. The molecule has 0 unspecified atom stereocenters. The molecule has 5 heteroatoms. The number of rotatable bonds is 9. The van der Waals surface area contributed by atoms with Gasteiger partial charge in [0.15, 0.2) is 0 Å². The van der Waals surface area contributed by atoms with Gasteiger partial charge in [0.2, 0.25) is 0 Å². The van der Waals surface area contributed by atoms with Crippen LogP contribution in [-0.4, -0.2) is 37.6 Å². The molecule has 2 aromatic rings. The average Bonchev–Trinajstić information content (AvgIpc) is 2.68. The number of nitrogens with zero attached hydrogens (tertiary/aromatic N) is 3. The van der Waals surface area contributed by atoms with Crippen LogP contribution in [0.25, 0.3) is 0 Å². The Balaban J connectivity index is 1.99. The number of carbonyl (C=O) groups is 1. The molecule has 0 spiro atoms. The molecule has 0 fully saturated rings. The van der Waals surface area contributed by atoms with Gasteiger partial charge >= 0.3 is 0 Å². The van der Waals surface area contributed by atoms with Crippen molar-refractivity contribution in [1.82, 2.24) is 4.98 Å². The summed E-state index contributed by atoms with van der Waals surface area (Å²) in [4.78, 5) is 21.2. The zero-order valence-electron chi connectivity index (χ0n) is 16.3. The molecule has 26 heavy (non-hydrogen) atoms. The van der Waals surface area contributed by atoms with Crippen LogP contribution in [-0.2, 0) is 0 Å². The zero-order valence-corrected chi connectivity index (χ0v) is 16.3. The Bertz CT molecular complexity index is 678. The van der Waals surface area contributed by atoms with Gasteiger partial charge in [-0.15, -0.1) is 0 Å².